The molecule has 3 rings (SSSR count). The molecule has 1 saturated heterocycles. The van der Waals surface area contributed by atoms with Crippen molar-refractivity contribution in [2.75, 3.05) is 26.7 Å². The van der Waals surface area contributed by atoms with E-state index < -0.39 is 10.0 Å². The van der Waals surface area contributed by atoms with Crippen molar-refractivity contribution < 1.29 is 8.42 Å². The zero-order valence-corrected chi connectivity index (χ0v) is 16.6. The van der Waals surface area contributed by atoms with Gasteiger partial charge in [-0.05, 0) is 38.3 Å². The second-order valence-corrected chi connectivity index (χ2v) is 9.04. The Kier molecular flexibility index (Phi) is 5.79. The van der Waals surface area contributed by atoms with Crippen LogP contribution in [0.3, 0.4) is 0 Å². The van der Waals surface area contributed by atoms with Gasteiger partial charge >= 0.3 is 0 Å². The average Bonchev–Trinajstić information content (AvgIpc) is 3.00. The van der Waals surface area contributed by atoms with Crippen molar-refractivity contribution in [3.05, 3.63) is 47.9 Å². The van der Waals surface area contributed by atoms with Crippen LogP contribution in [-0.2, 0) is 23.5 Å². The molecule has 0 amide bonds. The number of piperidine rings is 1. The Morgan fingerprint density at radius 1 is 1.27 bits per heavy atom. The number of likely N-dealkylation sites (tertiary alicyclic amines) is 1. The lowest BCUT2D eigenvalue weighted by molar-refractivity contribution is 0.160. The molecule has 0 N–H and O–H groups in total. The van der Waals surface area contributed by atoms with E-state index in [0.717, 1.165) is 38.9 Å². The number of likely N-dealkylation sites (N-methyl/N-ethyl adjacent to an activating group) is 1. The fourth-order valence-corrected chi connectivity index (χ4v) is 4.86. The topological polar surface area (TPSA) is 58.4 Å². The monoisotopic (exact) mass is 376 g/mol. The quantitative estimate of drug-likeness (QED) is 0.774. The summed E-state index contributed by atoms with van der Waals surface area (Å²) in [6, 6.07) is 10.4. The molecule has 2 aromatic rings. The molecule has 1 aliphatic rings. The maximum atomic E-state index is 12.9. The molecule has 6 nitrogen and oxygen atoms in total. The van der Waals surface area contributed by atoms with Crippen molar-refractivity contribution >= 4 is 10.0 Å². The van der Waals surface area contributed by atoms with E-state index in [1.54, 1.807) is 17.8 Å². The molecule has 1 aromatic carbocycles. The number of hydrogen-bond donors (Lipinski definition) is 0. The van der Waals surface area contributed by atoms with Crippen LogP contribution in [-0.4, -0.2) is 59.9 Å². The minimum absolute atomic E-state index is 0.00756. The van der Waals surface area contributed by atoms with Crippen molar-refractivity contribution in [2.24, 2.45) is 7.05 Å². The van der Waals surface area contributed by atoms with Crippen LogP contribution in [0.25, 0.3) is 0 Å². The molecule has 2 heterocycles. The van der Waals surface area contributed by atoms with Gasteiger partial charge in [-0.2, -0.15) is 4.31 Å². The van der Waals surface area contributed by atoms with E-state index in [-0.39, 0.29) is 11.1 Å². The van der Waals surface area contributed by atoms with Gasteiger partial charge in [-0.3, -0.25) is 0 Å². The highest BCUT2D eigenvalue weighted by atomic mass is 32.2. The first-order valence-electron chi connectivity index (χ1n) is 9.12. The third kappa shape index (κ3) is 4.16. The third-order valence-electron chi connectivity index (χ3n) is 5.28. The summed E-state index contributed by atoms with van der Waals surface area (Å²) >= 11 is 0. The van der Waals surface area contributed by atoms with Gasteiger partial charge in [0.05, 0.1) is 0 Å². The summed E-state index contributed by atoms with van der Waals surface area (Å²) in [4.78, 5) is 6.58. The Labute approximate surface area is 156 Å². The van der Waals surface area contributed by atoms with Gasteiger partial charge in [0.1, 0.15) is 5.82 Å². The van der Waals surface area contributed by atoms with Crippen LogP contribution in [0.5, 0.6) is 0 Å². The number of hydrogen-bond acceptors (Lipinski definition) is 4. The Balaban J connectivity index is 1.64. The minimum Gasteiger partial charge on any atom is -0.337 e. The van der Waals surface area contributed by atoms with Crippen LogP contribution in [0.1, 0.15) is 24.2 Å². The molecule has 0 spiro atoms. The number of benzene rings is 1. The fourth-order valence-electron chi connectivity index (χ4n) is 3.46. The van der Waals surface area contributed by atoms with E-state index in [1.165, 1.54) is 9.87 Å². The van der Waals surface area contributed by atoms with Gasteiger partial charge in [0, 0.05) is 39.4 Å². The molecule has 1 aromatic heterocycles. The van der Waals surface area contributed by atoms with Gasteiger partial charge in [-0.1, -0.05) is 30.3 Å². The minimum atomic E-state index is -3.56. The van der Waals surface area contributed by atoms with Gasteiger partial charge in [-0.25, -0.2) is 13.4 Å². The Bertz CT molecular complexity index is 813. The van der Waals surface area contributed by atoms with Gasteiger partial charge < -0.3 is 9.47 Å². The molecule has 1 fully saturated rings. The van der Waals surface area contributed by atoms with Crippen LogP contribution < -0.4 is 0 Å². The van der Waals surface area contributed by atoms with E-state index in [4.69, 9.17) is 0 Å². The molecule has 0 bridgehead atoms. The molecular formula is C19H28N4O2S. The summed E-state index contributed by atoms with van der Waals surface area (Å²) in [5.41, 5.74) is 1.32. The van der Waals surface area contributed by atoms with Crippen molar-refractivity contribution in [3.8, 4) is 0 Å². The highest BCUT2D eigenvalue weighted by Crippen LogP contribution is 2.22. The maximum Gasteiger partial charge on any atom is 0.262 e. The van der Waals surface area contributed by atoms with Crippen molar-refractivity contribution in [2.45, 2.75) is 37.3 Å². The standard InChI is InChI=1S/C19H28N4O2S/c1-16-20-19(15-21(16)2)26(24,25)22(3)18-10-7-12-23(14-18)13-11-17-8-5-4-6-9-17/h4-6,8-9,15,18H,7,10-14H2,1-3H3/t18-/m1/s1. The SMILES string of the molecule is Cc1nc(S(=O)(=O)N(C)[C@@H]2CCCN(CCc3ccccc3)C2)cn1C. The van der Waals surface area contributed by atoms with Crippen LogP contribution >= 0.6 is 0 Å². The number of nitrogens with zero attached hydrogens (tertiary/aromatic N) is 4. The molecule has 0 saturated carbocycles. The zero-order valence-electron chi connectivity index (χ0n) is 15.8. The smallest absolute Gasteiger partial charge is 0.262 e. The normalized spacial score (nSPS) is 19.2. The summed E-state index contributed by atoms with van der Waals surface area (Å²) < 4.78 is 29.1. The highest BCUT2D eigenvalue weighted by molar-refractivity contribution is 7.89. The molecule has 0 unspecified atom stereocenters. The molecule has 142 valence electrons. The predicted molar refractivity (Wildman–Crippen MR) is 103 cm³/mol. The lowest BCUT2D eigenvalue weighted by atomic mass is 10.0. The second kappa shape index (κ2) is 7.90. The molecule has 26 heavy (non-hydrogen) atoms. The van der Waals surface area contributed by atoms with Crippen LogP contribution in [0.4, 0.5) is 0 Å². The summed E-state index contributed by atoms with van der Waals surface area (Å²) in [7, 11) is -0.0581. The predicted octanol–water partition coefficient (Wildman–Crippen LogP) is 2.06. The van der Waals surface area contributed by atoms with Crippen LogP contribution in [0.15, 0.2) is 41.6 Å². The lowest BCUT2D eigenvalue weighted by Gasteiger charge is -2.36. The summed E-state index contributed by atoms with van der Waals surface area (Å²) in [5, 5.41) is 0.140. The first-order valence-corrected chi connectivity index (χ1v) is 10.6. The molecule has 0 aliphatic carbocycles. The van der Waals surface area contributed by atoms with Gasteiger partial charge in [0.25, 0.3) is 10.0 Å². The van der Waals surface area contributed by atoms with Crippen LogP contribution in [0.2, 0.25) is 0 Å². The number of imidazole rings is 1. The molecule has 0 radical (unpaired) electrons. The van der Waals surface area contributed by atoms with Gasteiger partial charge in [0.15, 0.2) is 5.03 Å². The first kappa shape index (κ1) is 19.1. The van der Waals surface area contributed by atoms with Crippen molar-refractivity contribution in [1.29, 1.82) is 0 Å². The fraction of sp³-hybridized carbons (Fsp3) is 0.526. The highest BCUT2D eigenvalue weighted by Gasteiger charge is 2.32. The van der Waals surface area contributed by atoms with E-state index in [2.05, 4.69) is 34.1 Å². The second-order valence-electron chi connectivity index (χ2n) is 7.09. The number of aryl methyl sites for hydroxylation is 2. The van der Waals surface area contributed by atoms with Gasteiger partial charge in [0.2, 0.25) is 0 Å². The van der Waals surface area contributed by atoms with Gasteiger partial charge in [-0.15, -0.1) is 0 Å². The number of rotatable bonds is 6. The Morgan fingerprint density at radius 2 is 2.00 bits per heavy atom. The lowest BCUT2D eigenvalue weighted by Crippen LogP contribution is -2.48. The molecule has 1 aliphatic heterocycles. The number of sulfonamides is 1. The largest absolute Gasteiger partial charge is 0.337 e. The number of aromatic nitrogens is 2. The van der Waals surface area contributed by atoms with E-state index in [1.807, 2.05) is 20.0 Å². The first-order chi connectivity index (χ1) is 12.4. The third-order valence-corrected chi connectivity index (χ3v) is 7.07. The van der Waals surface area contributed by atoms with E-state index in [0.29, 0.717) is 5.82 Å². The summed E-state index contributed by atoms with van der Waals surface area (Å²) in [6.45, 7) is 4.57. The molecule has 7 heteroatoms. The Morgan fingerprint density at radius 3 is 2.65 bits per heavy atom. The van der Waals surface area contributed by atoms with Crippen molar-refractivity contribution in [1.82, 2.24) is 18.8 Å². The average molecular weight is 377 g/mol. The maximum absolute atomic E-state index is 12.9. The zero-order chi connectivity index (χ0) is 18.7. The van der Waals surface area contributed by atoms with Crippen LogP contribution in [0, 0.1) is 6.92 Å². The molecule has 1 atom stereocenters. The summed E-state index contributed by atoms with van der Waals surface area (Å²) in [5.74, 6) is 0.699. The molecular weight excluding hydrogens is 348 g/mol. The Hall–Kier alpha value is -1.70. The van der Waals surface area contributed by atoms with Crippen molar-refractivity contribution in [3.63, 3.8) is 0 Å². The van der Waals surface area contributed by atoms with E-state index in [9.17, 15) is 8.42 Å². The summed E-state index contributed by atoms with van der Waals surface area (Å²) in [6.07, 6.45) is 4.49. The van der Waals surface area contributed by atoms with E-state index >= 15 is 0 Å².